The molecule has 0 spiro atoms. The third-order valence-corrected chi connectivity index (χ3v) is 4.54. The van der Waals surface area contributed by atoms with Gasteiger partial charge in [0.2, 0.25) is 0 Å². The van der Waals surface area contributed by atoms with E-state index in [9.17, 15) is 4.79 Å². The Morgan fingerprint density at radius 1 is 0.783 bits per heavy atom. The van der Waals surface area contributed by atoms with E-state index < -0.39 is 0 Å². The maximum absolute atomic E-state index is 10.2. The Hall–Kier alpha value is -1.15. The third kappa shape index (κ3) is 11.1. The van der Waals surface area contributed by atoms with Crippen molar-refractivity contribution in [2.24, 2.45) is 0 Å². The molecule has 0 amide bonds. The fourth-order valence-corrected chi connectivity index (χ4v) is 3.16. The molecule has 0 aliphatic rings. The first-order valence-electron chi connectivity index (χ1n) is 9.44. The number of benzene rings is 1. The van der Waals surface area contributed by atoms with Gasteiger partial charge in [-0.1, -0.05) is 68.9 Å². The van der Waals surface area contributed by atoms with Crippen molar-refractivity contribution >= 4 is 6.29 Å². The van der Waals surface area contributed by atoms with Gasteiger partial charge in [-0.05, 0) is 19.3 Å². The highest BCUT2D eigenvalue weighted by molar-refractivity contribution is 5.48. The molecule has 0 saturated heterocycles. The highest BCUT2D eigenvalue weighted by atomic mass is 16.1. The molecule has 0 aliphatic carbocycles. The average Bonchev–Trinajstić information content (AvgIpc) is 2.53. The van der Waals surface area contributed by atoms with Crippen LogP contribution in [-0.2, 0) is 11.3 Å². The van der Waals surface area contributed by atoms with Gasteiger partial charge in [-0.25, -0.2) is 0 Å². The van der Waals surface area contributed by atoms with Crippen molar-refractivity contribution in [1.29, 1.82) is 0 Å². The highest BCUT2D eigenvalue weighted by Crippen LogP contribution is 2.13. The van der Waals surface area contributed by atoms with Gasteiger partial charge >= 0.3 is 0 Å². The molecule has 0 bridgehead atoms. The van der Waals surface area contributed by atoms with Crippen molar-refractivity contribution in [2.45, 2.75) is 70.8 Å². The topological polar surface area (TPSA) is 17.1 Å². The van der Waals surface area contributed by atoms with E-state index in [0.717, 1.165) is 30.2 Å². The zero-order valence-corrected chi connectivity index (χ0v) is 15.3. The molecule has 1 aromatic carbocycles. The van der Waals surface area contributed by atoms with E-state index in [0.29, 0.717) is 0 Å². The monoisotopic (exact) mass is 318 g/mol. The number of aldehydes is 1. The van der Waals surface area contributed by atoms with E-state index >= 15 is 0 Å². The Bertz CT molecular complexity index is 400. The molecular weight excluding hydrogens is 282 g/mol. The van der Waals surface area contributed by atoms with Crippen LogP contribution in [0.3, 0.4) is 0 Å². The van der Waals surface area contributed by atoms with E-state index in [2.05, 4.69) is 44.4 Å². The number of quaternary nitrogens is 1. The Labute approximate surface area is 143 Å². The van der Waals surface area contributed by atoms with Crippen LogP contribution in [0.2, 0.25) is 0 Å². The second-order valence-corrected chi connectivity index (χ2v) is 7.44. The number of carbonyl (C=O) groups excluding carboxylic acids is 1. The van der Waals surface area contributed by atoms with Gasteiger partial charge < -0.3 is 9.28 Å². The minimum absolute atomic E-state index is 0.747. The van der Waals surface area contributed by atoms with Gasteiger partial charge in [0.25, 0.3) is 0 Å². The van der Waals surface area contributed by atoms with Crippen LogP contribution in [0.15, 0.2) is 30.3 Å². The first kappa shape index (κ1) is 19.9. The summed E-state index contributed by atoms with van der Waals surface area (Å²) in [6.07, 6.45) is 13.5. The molecule has 2 heteroatoms. The number of unbranched alkanes of at least 4 members (excludes halogenated alkanes) is 9. The fourth-order valence-electron chi connectivity index (χ4n) is 3.16. The number of carbonyl (C=O) groups is 1. The summed E-state index contributed by atoms with van der Waals surface area (Å²) in [7, 11) is 4.68. The molecule has 0 heterocycles. The molecule has 0 aliphatic heterocycles. The normalized spacial score (nSPS) is 11.6. The molecule has 0 unspecified atom stereocenters. The number of hydrogen-bond donors (Lipinski definition) is 0. The molecule has 0 atom stereocenters. The lowest BCUT2D eigenvalue weighted by atomic mass is 10.1. The summed E-state index contributed by atoms with van der Waals surface area (Å²) >= 11 is 0. The largest absolute Gasteiger partial charge is 0.325 e. The predicted octanol–water partition coefficient (Wildman–Crippen LogP) is 5.36. The van der Waals surface area contributed by atoms with Crippen molar-refractivity contribution in [3.63, 3.8) is 0 Å². The second kappa shape index (κ2) is 12.3. The predicted molar refractivity (Wildman–Crippen MR) is 99.4 cm³/mol. The van der Waals surface area contributed by atoms with Crippen LogP contribution in [-0.4, -0.2) is 31.4 Å². The Kier molecular flexibility index (Phi) is 10.6. The van der Waals surface area contributed by atoms with Gasteiger partial charge in [0, 0.05) is 12.0 Å². The summed E-state index contributed by atoms with van der Waals surface area (Å²) in [5.74, 6) is 0. The van der Waals surface area contributed by atoms with Gasteiger partial charge in [-0.3, -0.25) is 0 Å². The van der Waals surface area contributed by atoms with Crippen LogP contribution in [0.4, 0.5) is 0 Å². The summed E-state index contributed by atoms with van der Waals surface area (Å²) < 4.78 is 1.08. The Morgan fingerprint density at radius 2 is 1.30 bits per heavy atom. The molecule has 0 radical (unpaired) electrons. The van der Waals surface area contributed by atoms with Crippen LogP contribution in [0.25, 0.3) is 0 Å². The van der Waals surface area contributed by atoms with Gasteiger partial charge in [0.15, 0.2) is 0 Å². The standard InChI is InChI=1S/C21H36NO/c1-22(2,20-21-16-12-11-13-17-21)18-14-9-7-5-3-4-6-8-10-15-19-23/h11-13,16-17,19H,3-10,14-15,18,20H2,1-2H3/q+1. The van der Waals surface area contributed by atoms with Crippen molar-refractivity contribution in [2.75, 3.05) is 20.6 Å². The molecule has 1 rings (SSSR count). The smallest absolute Gasteiger partial charge is 0.119 e. The molecule has 130 valence electrons. The molecule has 1 aromatic rings. The summed E-state index contributed by atoms with van der Waals surface area (Å²) in [5.41, 5.74) is 1.44. The lowest BCUT2D eigenvalue weighted by molar-refractivity contribution is -0.903. The van der Waals surface area contributed by atoms with Crippen molar-refractivity contribution < 1.29 is 9.28 Å². The second-order valence-electron chi connectivity index (χ2n) is 7.44. The molecule has 0 N–H and O–H groups in total. The van der Waals surface area contributed by atoms with Gasteiger partial charge in [-0.2, -0.15) is 0 Å². The average molecular weight is 319 g/mol. The van der Waals surface area contributed by atoms with Crippen LogP contribution in [0.1, 0.15) is 69.8 Å². The molecule has 0 aromatic heterocycles. The number of hydrogen-bond acceptors (Lipinski definition) is 1. The highest BCUT2D eigenvalue weighted by Gasteiger charge is 2.14. The first-order valence-corrected chi connectivity index (χ1v) is 9.44. The van der Waals surface area contributed by atoms with E-state index in [-0.39, 0.29) is 0 Å². The summed E-state index contributed by atoms with van der Waals surface area (Å²) in [5, 5.41) is 0. The van der Waals surface area contributed by atoms with E-state index in [1.54, 1.807) is 0 Å². The van der Waals surface area contributed by atoms with Gasteiger partial charge in [0.1, 0.15) is 12.8 Å². The minimum Gasteiger partial charge on any atom is -0.325 e. The molecule has 2 nitrogen and oxygen atoms in total. The third-order valence-electron chi connectivity index (χ3n) is 4.54. The summed E-state index contributed by atoms with van der Waals surface area (Å²) in [4.78, 5) is 10.2. The van der Waals surface area contributed by atoms with Crippen LogP contribution in [0, 0.1) is 0 Å². The maximum atomic E-state index is 10.2. The SMILES string of the molecule is C[N+](C)(CCCCCCCCCCCC=O)Cc1ccccc1. The van der Waals surface area contributed by atoms with Crippen LogP contribution >= 0.6 is 0 Å². The molecule has 23 heavy (non-hydrogen) atoms. The molecule has 0 fully saturated rings. The van der Waals surface area contributed by atoms with E-state index in [1.165, 1.54) is 63.5 Å². The quantitative estimate of drug-likeness (QED) is 0.256. The Balaban J connectivity index is 1.96. The maximum Gasteiger partial charge on any atom is 0.119 e. The number of rotatable bonds is 14. The lowest BCUT2D eigenvalue weighted by Crippen LogP contribution is -2.39. The number of nitrogens with zero attached hydrogens (tertiary/aromatic N) is 1. The lowest BCUT2D eigenvalue weighted by Gasteiger charge is -2.30. The zero-order chi connectivity index (χ0) is 16.8. The molecule has 0 saturated carbocycles. The van der Waals surface area contributed by atoms with E-state index in [1.807, 2.05) is 0 Å². The van der Waals surface area contributed by atoms with E-state index in [4.69, 9.17) is 0 Å². The van der Waals surface area contributed by atoms with Crippen LogP contribution in [0.5, 0.6) is 0 Å². The van der Waals surface area contributed by atoms with Crippen molar-refractivity contribution in [3.8, 4) is 0 Å². The Morgan fingerprint density at radius 3 is 1.87 bits per heavy atom. The van der Waals surface area contributed by atoms with Crippen molar-refractivity contribution in [3.05, 3.63) is 35.9 Å². The van der Waals surface area contributed by atoms with Crippen molar-refractivity contribution in [1.82, 2.24) is 0 Å². The van der Waals surface area contributed by atoms with Gasteiger partial charge in [0.05, 0.1) is 20.6 Å². The molecular formula is C21H36NO+. The first-order chi connectivity index (χ1) is 11.1. The summed E-state index contributed by atoms with van der Waals surface area (Å²) in [6.45, 7) is 2.39. The van der Waals surface area contributed by atoms with Crippen LogP contribution < -0.4 is 0 Å². The fraction of sp³-hybridized carbons (Fsp3) is 0.667. The minimum atomic E-state index is 0.747. The summed E-state index contributed by atoms with van der Waals surface area (Å²) in [6, 6.07) is 10.8. The zero-order valence-electron chi connectivity index (χ0n) is 15.3. The van der Waals surface area contributed by atoms with Gasteiger partial charge in [-0.15, -0.1) is 0 Å².